The number of aryl methyl sites for hydroxylation is 1. The SMILES string of the molecule is CC1=C(C(=O)OC(C)(C)C)C(c2ccc(C)cc2)C(C#N)C(CC(C)(C)C)=N1. The summed E-state index contributed by atoms with van der Waals surface area (Å²) in [5.74, 6) is -1.27. The van der Waals surface area contributed by atoms with Crippen LogP contribution in [0, 0.1) is 29.6 Å². The third-order valence-electron chi connectivity index (χ3n) is 4.61. The first-order valence-corrected chi connectivity index (χ1v) is 9.80. The van der Waals surface area contributed by atoms with Gasteiger partial charge in [-0.15, -0.1) is 0 Å². The first-order chi connectivity index (χ1) is 12.8. The number of carbonyl (C=O) groups is 1. The third-order valence-corrected chi connectivity index (χ3v) is 4.61. The van der Waals surface area contributed by atoms with E-state index < -0.39 is 17.5 Å². The van der Waals surface area contributed by atoms with Crippen LogP contribution in [0.4, 0.5) is 0 Å². The first kappa shape index (κ1) is 21.9. The van der Waals surface area contributed by atoms with Crippen molar-refractivity contribution in [1.29, 1.82) is 5.26 Å². The van der Waals surface area contributed by atoms with Gasteiger partial charge in [-0.05, 0) is 52.0 Å². The number of benzene rings is 1. The monoisotopic (exact) mass is 380 g/mol. The Bertz CT molecular complexity index is 841. The van der Waals surface area contributed by atoms with Gasteiger partial charge in [0.1, 0.15) is 5.60 Å². The number of ether oxygens (including phenoxy) is 1. The average Bonchev–Trinajstić information content (AvgIpc) is 2.51. The average molecular weight is 381 g/mol. The highest BCUT2D eigenvalue weighted by Gasteiger charge is 2.40. The molecule has 0 spiro atoms. The van der Waals surface area contributed by atoms with Gasteiger partial charge in [0.05, 0.1) is 17.6 Å². The standard InChI is InChI=1S/C24H32N2O2/c1-15-9-11-17(12-10-15)21-18(14-25)19(13-23(3,4)5)26-16(2)20(21)22(27)28-24(6,7)8/h9-12,18,21H,13H2,1-8H3. The van der Waals surface area contributed by atoms with E-state index in [0.29, 0.717) is 17.7 Å². The molecule has 0 N–H and O–H groups in total. The van der Waals surface area contributed by atoms with Crippen LogP contribution in [-0.2, 0) is 9.53 Å². The Morgan fingerprint density at radius 1 is 1.11 bits per heavy atom. The topological polar surface area (TPSA) is 62.5 Å². The Balaban J connectivity index is 2.63. The molecule has 1 aromatic rings. The van der Waals surface area contributed by atoms with Crippen molar-refractivity contribution in [2.24, 2.45) is 16.3 Å². The van der Waals surface area contributed by atoms with Crippen LogP contribution in [0.3, 0.4) is 0 Å². The number of allylic oxidation sites excluding steroid dienone is 1. The molecule has 0 bridgehead atoms. The zero-order valence-electron chi connectivity index (χ0n) is 18.4. The lowest BCUT2D eigenvalue weighted by molar-refractivity contribution is -0.150. The number of carbonyl (C=O) groups excluding carboxylic acids is 1. The summed E-state index contributed by atoms with van der Waals surface area (Å²) in [6, 6.07) is 10.5. The van der Waals surface area contributed by atoms with Gasteiger partial charge in [-0.3, -0.25) is 4.99 Å². The van der Waals surface area contributed by atoms with Gasteiger partial charge in [-0.25, -0.2) is 4.79 Å². The molecule has 0 fully saturated rings. The van der Waals surface area contributed by atoms with E-state index in [0.717, 1.165) is 16.8 Å². The number of esters is 1. The molecule has 0 amide bonds. The van der Waals surface area contributed by atoms with Gasteiger partial charge < -0.3 is 4.74 Å². The van der Waals surface area contributed by atoms with Crippen molar-refractivity contribution in [3.05, 3.63) is 46.7 Å². The lowest BCUT2D eigenvalue weighted by Crippen LogP contribution is -2.34. The van der Waals surface area contributed by atoms with E-state index in [1.54, 1.807) is 0 Å². The zero-order chi connectivity index (χ0) is 21.3. The molecule has 1 aliphatic rings. The van der Waals surface area contributed by atoms with Crippen LogP contribution < -0.4 is 0 Å². The molecule has 0 aliphatic carbocycles. The lowest BCUT2D eigenvalue weighted by atomic mass is 9.72. The van der Waals surface area contributed by atoms with E-state index in [1.807, 2.05) is 58.9 Å². The third kappa shape index (κ3) is 5.32. The summed E-state index contributed by atoms with van der Waals surface area (Å²) in [6.45, 7) is 15.8. The molecule has 0 radical (unpaired) electrons. The number of rotatable bonds is 3. The number of nitrogens with zero attached hydrogens (tertiary/aromatic N) is 2. The molecule has 0 aromatic heterocycles. The normalized spacial score (nSPS) is 20.5. The van der Waals surface area contributed by atoms with Crippen LogP contribution in [-0.4, -0.2) is 17.3 Å². The number of aliphatic imine (C=N–C) groups is 1. The molecular weight excluding hydrogens is 348 g/mol. The minimum atomic E-state index is -0.611. The zero-order valence-corrected chi connectivity index (χ0v) is 18.4. The fraction of sp³-hybridized carbons (Fsp3) is 0.542. The Labute approximate surface area is 169 Å². The second kappa shape index (κ2) is 7.91. The predicted molar refractivity (Wildman–Crippen MR) is 113 cm³/mol. The van der Waals surface area contributed by atoms with Gasteiger partial charge in [0.25, 0.3) is 0 Å². The van der Waals surface area contributed by atoms with Gasteiger partial charge >= 0.3 is 5.97 Å². The van der Waals surface area contributed by atoms with Gasteiger partial charge in [-0.1, -0.05) is 50.6 Å². The van der Waals surface area contributed by atoms with Crippen LogP contribution in [0.2, 0.25) is 0 Å². The van der Waals surface area contributed by atoms with Crippen molar-refractivity contribution < 1.29 is 9.53 Å². The van der Waals surface area contributed by atoms with E-state index in [1.165, 1.54) is 0 Å². The smallest absolute Gasteiger partial charge is 0.337 e. The van der Waals surface area contributed by atoms with Crippen LogP contribution in [0.1, 0.15) is 71.9 Å². The maximum absolute atomic E-state index is 13.1. The summed E-state index contributed by atoms with van der Waals surface area (Å²) in [5, 5.41) is 10.1. The summed E-state index contributed by atoms with van der Waals surface area (Å²) in [4.78, 5) is 17.8. The predicted octanol–water partition coefficient (Wildman–Crippen LogP) is 5.72. The van der Waals surface area contributed by atoms with Crippen molar-refractivity contribution in [2.75, 3.05) is 0 Å². The van der Waals surface area contributed by atoms with Crippen molar-refractivity contribution in [1.82, 2.24) is 0 Å². The van der Waals surface area contributed by atoms with E-state index >= 15 is 0 Å². The van der Waals surface area contributed by atoms with Crippen molar-refractivity contribution in [3.8, 4) is 6.07 Å². The fourth-order valence-electron chi connectivity index (χ4n) is 3.51. The van der Waals surface area contributed by atoms with Gasteiger partial charge in [0.2, 0.25) is 0 Å². The molecule has 4 nitrogen and oxygen atoms in total. The minimum absolute atomic E-state index is 0.00450. The van der Waals surface area contributed by atoms with E-state index in [4.69, 9.17) is 9.73 Å². The van der Waals surface area contributed by atoms with Crippen molar-refractivity contribution in [3.63, 3.8) is 0 Å². The summed E-state index contributed by atoms with van der Waals surface area (Å²) in [6.07, 6.45) is 0.701. The fourth-order valence-corrected chi connectivity index (χ4v) is 3.51. The molecule has 2 atom stereocenters. The maximum atomic E-state index is 13.1. The van der Waals surface area contributed by atoms with Crippen LogP contribution in [0.5, 0.6) is 0 Å². The molecule has 1 heterocycles. The van der Waals surface area contributed by atoms with Gasteiger partial charge in [-0.2, -0.15) is 5.26 Å². The van der Waals surface area contributed by atoms with Gasteiger partial charge in [0, 0.05) is 17.3 Å². The number of hydrogen-bond donors (Lipinski definition) is 0. The van der Waals surface area contributed by atoms with E-state index in [9.17, 15) is 10.1 Å². The molecule has 2 rings (SSSR count). The molecule has 0 saturated carbocycles. The molecule has 2 unspecified atom stereocenters. The Morgan fingerprint density at radius 2 is 1.68 bits per heavy atom. The molecular formula is C24H32N2O2. The Kier molecular flexibility index (Phi) is 6.18. The minimum Gasteiger partial charge on any atom is -0.457 e. The molecule has 1 aliphatic heterocycles. The van der Waals surface area contributed by atoms with Crippen molar-refractivity contribution in [2.45, 2.75) is 73.3 Å². The molecule has 1 aromatic carbocycles. The Hall–Kier alpha value is -2.41. The number of nitriles is 1. The number of hydrogen-bond acceptors (Lipinski definition) is 4. The highest BCUT2D eigenvalue weighted by Crippen LogP contribution is 2.41. The largest absolute Gasteiger partial charge is 0.457 e. The van der Waals surface area contributed by atoms with E-state index in [2.05, 4.69) is 26.8 Å². The van der Waals surface area contributed by atoms with Gasteiger partial charge in [0.15, 0.2) is 0 Å². The first-order valence-electron chi connectivity index (χ1n) is 9.80. The Morgan fingerprint density at radius 3 is 2.14 bits per heavy atom. The van der Waals surface area contributed by atoms with Crippen LogP contribution in [0.25, 0.3) is 0 Å². The molecule has 0 saturated heterocycles. The van der Waals surface area contributed by atoms with Crippen molar-refractivity contribution >= 4 is 11.7 Å². The second-order valence-corrected chi connectivity index (χ2v) is 9.84. The summed E-state index contributed by atoms with van der Waals surface area (Å²) < 4.78 is 5.68. The molecule has 150 valence electrons. The molecule has 4 heteroatoms. The molecule has 28 heavy (non-hydrogen) atoms. The summed E-state index contributed by atoms with van der Waals surface area (Å²) in [5.41, 5.74) is 3.43. The summed E-state index contributed by atoms with van der Waals surface area (Å²) >= 11 is 0. The highest BCUT2D eigenvalue weighted by molar-refractivity contribution is 5.99. The quantitative estimate of drug-likeness (QED) is 0.630. The van der Waals surface area contributed by atoms with Crippen LogP contribution in [0.15, 0.2) is 40.5 Å². The highest BCUT2D eigenvalue weighted by atomic mass is 16.6. The maximum Gasteiger partial charge on any atom is 0.337 e. The lowest BCUT2D eigenvalue weighted by Gasteiger charge is -2.33. The van der Waals surface area contributed by atoms with E-state index in [-0.39, 0.29) is 11.3 Å². The summed E-state index contributed by atoms with van der Waals surface area (Å²) in [7, 11) is 0. The second-order valence-electron chi connectivity index (χ2n) is 9.84. The van der Waals surface area contributed by atoms with Crippen LogP contribution >= 0.6 is 0 Å².